The Hall–Kier alpha value is -3.73. The first-order valence-electron chi connectivity index (χ1n) is 9.58. The number of carbonyl (C=O) groups is 1. The molecule has 0 spiro atoms. The van der Waals surface area contributed by atoms with Crippen LogP contribution in [0.25, 0.3) is 17.0 Å². The fraction of sp³-hybridized carbons (Fsp3) is 0.238. The van der Waals surface area contributed by atoms with E-state index in [2.05, 4.69) is 20.4 Å². The maximum absolute atomic E-state index is 12.8. The van der Waals surface area contributed by atoms with Gasteiger partial charge in [0.2, 0.25) is 5.82 Å². The number of imidazole rings is 1. The second kappa shape index (κ2) is 8.42. The molecule has 1 aromatic carbocycles. The summed E-state index contributed by atoms with van der Waals surface area (Å²) >= 11 is 0. The molecule has 3 heterocycles. The lowest BCUT2D eigenvalue weighted by Gasteiger charge is -2.14. The molecule has 0 saturated heterocycles. The molecule has 3 aromatic heterocycles. The number of halogens is 3. The minimum atomic E-state index is -4.48. The van der Waals surface area contributed by atoms with Gasteiger partial charge in [-0.1, -0.05) is 23.4 Å². The van der Waals surface area contributed by atoms with Gasteiger partial charge in [0.25, 0.3) is 11.8 Å². The van der Waals surface area contributed by atoms with Crippen LogP contribution < -0.4 is 5.32 Å². The van der Waals surface area contributed by atoms with Crippen molar-refractivity contribution in [2.24, 2.45) is 0 Å². The van der Waals surface area contributed by atoms with E-state index in [0.29, 0.717) is 22.6 Å². The van der Waals surface area contributed by atoms with E-state index in [9.17, 15) is 18.0 Å². The van der Waals surface area contributed by atoms with Crippen molar-refractivity contribution in [2.45, 2.75) is 32.7 Å². The number of anilines is 1. The Labute approximate surface area is 180 Å². The highest BCUT2D eigenvalue weighted by atomic mass is 19.4. The monoisotopic (exact) mass is 445 g/mol. The van der Waals surface area contributed by atoms with Gasteiger partial charge in [-0.3, -0.25) is 9.20 Å². The summed E-state index contributed by atoms with van der Waals surface area (Å²) in [5.41, 5.74) is 2.84. The number of nitrogens with one attached hydrogen (secondary N) is 1. The van der Waals surface area contributed by atoms with Crippen molar-refractivity contribution >= 4 is 17.2 Å². The van der Waals surface area contributed by atoms with Crippen LogP contribution in [0.5, 0.6) is 0 Å². The molecule has 0 aliphatic heterocycles. The fourth-order valence-corrected chi connectivity index (χ4v) is 2.90. The zero-order chi connectivity index (χ0) is 22.9. The quantitative estimate of drug-likeness (QED) is 0.472. The van der Waals surface area contributed by atoms with Crippen molar-refractivity contribution in [1.29, 1.82) is 0 Å². The number of hydrogen-bond donors (Lipinski definition) is 1. The summed E-state index contributed by atoms with van der Waals surface area (Å²) in [6, 6.07) is 10.5. The van der Waals surface area contributed by atoms with Crippen LogP contribution in [-0.4, -0.2) is 37.7 Å². The summed E-state index contributed by atoms with van der Waals surface area (Å²) in [5.74, 6) is -0.283. The van der Waals surface area contributed by atoms with E-state index in [-0.39, 0.29) is 17.6 Å². The van der Waals surface area contributed by atoms with Gasteiger partial charge in [-0.2, -0.15) is 18.2 Å². The number of ether oxygens (including phenoxy) is 1. The Balaban J connectivity index is 1.51. The lowest BCUT2D eigenvalue weighted by Crippen LogP contribution is -2.28. The van der Waals surface area contributed by atoms with Gasteiger partial charge < -0.3 is 14.6 Å². The molecule has 1 N–H and O–H groups in total. The highest BCUT2D eigenvalue weighted by Gasteiger charge is 2.37. The predicted octanol–water partition coefficient (Wildman–Crippen LogP) is 4.41. The highest BCUT2D eigenvalue weighted by molar-refractivity contribution is 6.04. The lowest BCUT2D eigenvalue weighted by molar-refractivity contribution is -0.218. The molecule has 4 rings (SSSR count). The number of fused-ring (bicyclic) bond motifs is 1. The number of hydrogen-bond acceptors (Lipinski definition) is 6. The fourth-order valence-electron chi connectivity index (χ4n) is 2.90. The van der Waals surface area contributed by atoms with Gasteiger partial charge in [-0.15, -0.1) is 0 Å². The molecule has 4 aromatic rings. The van der Waals surface area contributed by atoms with Gasteiger partial charge in [0.05, 0.1) is 6.20 Å². The summed E-state index contributed by atoms with van der Waals surface area (Å²) < 4.78 is 49.1. The second-order valence-electron chi connectivity index (χ2n) is 7.06. The molecule has 1 amide bonds. The van der Waals surface area contributed by atoms with Crippen molar-refractivity contribution in [2.75, 3.05) is 5.32 Å². The molecule has 1 unspecified atom stereocenters. The smallest absolute Gasteiger partial charge is 0.359 e. The standard InChI is InChI=1S/C21H18F3N5O3/c1-12-6-7-14(19-27-18(32-28-19)11-31-13(2)21(22,23)24)9-15(12)26-20(30)16-10-25-17-5-3-4-8-29(16)17/h3-10,13H,11H2,1-2H3,(H,26,30). The number of pyridine rings is 1. The van der Waals surface area contributed by atoms with Crippen molar-refractivity contribution in [3.63, 3.8) is 0 Å². The molecular formula is C21H18F3N5O3. The molecule has 32 heavy (non-hydrogen) atoms. The van der Waals surface area contributed by atoms with Crippen LogP contribution in [0.15, 0.2) is 53.3 Å². The molecule has 0 saturated carbocycles. The Morgan fingerprint density at radius 1 is 1.28 bits per heavy atom. The van der Waals surface area contributed by atoms with Crippen LogP contribution in [0.3, 0.4) is 0 Å². The van der Waals surface area contributed by atoms with Gasteiger partial charge in [0, 0.05) is 17.4 Å². The Kier molecular flexibility index (Phi) is 5.66. The number of aromatic nitrogens is 4. The Morgan fingerprint density at radius 3 is 2.88 bits per heavy atom. The van der Waals surface area contributed by atoms with Gasteiger partial charge in [-0.05, 0) is 37.6 Å². The van der Waals surface area contributed by atoms with E-state index < -0.39 is 18.9 Å². The first-order chi connectivity index (χ1) is 15.2. The Morgan fingerprint density at radius 2 is 2.09 bits per heavy atom. The van der Waals surface area contributed by atoms with Crippen molar-refractivity contribution in [1.82, 2.24) is 19.5 Å². The number of aryl methyl sites for hydroxylation is 1. The number of nitrogens with zero attached hydrogens (tertiary/aromatic N) is 4. The van der Waals surface area contributed by atoms with Crippen molar-refractivity contribution in [3.8, 4) is 11.4 Å². The van der Waals surface area contributed by atoms with Crippen LogP contribution in [0.4, 0.5) is 18.9 Å². The molecule has 0 fully saturated rings. The summed E-state index contributed by atoms with van der Waals surface area (Å²) in [4.78, 5) is 21.1. The second-order valence-corrected chi connectivity index (χ2v) is 7.06. The normalized spacial score (nSPS) is 12.8. The first-order valence-corrected chi connectivity index (χ1v) is 9.58. The number of alkyl halides is 3. The Bertz CT molecular complexity index is 1270. The summed E-state index contributed by atoms with van der Waals surface area (Å²) in [5, 5.41) is 6.64. The summed E-state index contributed by atoms with van der Waals surface area (Å²) in [6.45, 7) is 2.25. The maximum Gasteiger partial charge on any atom is 0.414 e. The molecule has 0 aliphatic carbocycles. The van der Waals surface area contributed by atoms with E-state index in [1.807, 2.05) is 13.0 Å². The zero-order valence-electron chi connectivity index (χ0n) is 17.1. The van der Waals surface area contributed by atoms with Gasteiger partial charge in [0.1, 0.15) is 17.9 Å². The van der Waals surface area contributed by atoms with Crippen molar-refractivity contribution < 1.29 is 27.2 Å². The van der Waals surface area contributed by atoms with E-state index in [1.165, 1.54) is 6.20 Å². The number of benzene rings is 1. The number of amides is 1. The van der Waals surface area contributed by atoms with E-state index in [1.54, 1.807) is 40.9 Å². The highest BCUT2D eigenvalue weighted by Crippen LogP contribution is 2.26. The third-order valence-corrected chi connectivity index (χ3v) is 4.78. The molecule has 0 aliphatic rings. The van der Waals surface area contributed by atoms with Crippen LogP contribution in [0, 0.1) is 6.92 Å². The molecule has 0 bridgehead atoms. The molecule has 0 radical (unpaired) electrons. The zero-order valence-corrected chi connectivity index (χ0v) is 17.1. The predicted molar refractivity (Wildman–Crippen MR) is 108 cm³/mol. The minimum Gasteiger partial charge on any atom is -0.359 e. The number of rotatable bonds is 6. The van der Waals surface area contributed by atoms with E-state index in [4.69, 9.17) is 9.26 Å². The average Bonchev–Trinajstić information content (AvgIpc) is 3.40. The molecule has 166 valence electrons. The molecule has 8 nitrogen and oxygen atoms in total. The first kappa shape index (κ1) is 21.5. The maximum atomic E-state index is 12.8. The summed E-state index contributed by atoms with van der Waals surface area (Å²) in [6.07, 6.45) is -3.22. The van der Waals surface area contributed by atoms with Gasteiger partial charge in [0.15, 0.2) is 6.10 Å². The minimum absolute atomic E-state index is 0.0898. The molecular weight excluding hydrogens is 427 g/mol. The third kappa shape index (κ3) is 4.47. The van der Waals surface area contributed by atoms with Crippen LogP contribution in [0.1, 0.15) is 28.9 Å². The molecule has 1 atom stereocenters. The van der Waals surface area contributed by atoms with Crippen LogP contribution in [-0.2, 0) is 11.3 Å². The third-order valence-electron chi connectivity index (χ3n) is 4.78. The molecule has 11 heteroatoms. The van der Waals surface area contributed by atoms with E-state index in [0.717, 1.165) is 12.5 Å². The van der Waals surface area contributed by atoms with Crippen LogP contribution >= 0.6 is 0 Å². The average molecular weight is 445 g/mol. The summed E-state index contributed by atoms with van der Waals surface area (Å²) in [7, 11) is 0. The van der Waals surface area contributed by atoms with Crippen molar-refractivity contribution in [3.05, 3.63) is 65.9 Å². The largest absolute Gasteiger partial charge is 0.414 e. The number of carbonyl (C=O) groups excluding carboxylic acids is 1. The SMILES string of the molecule is Cc1ccc(-c2noc(COC(C)C(F)(F)F)n2)cc1NC(=O)c1cnc2ccccn12. The van der Waals surface area contributed by atoms with Crippen LogP contribution in [0.2, 0.25) is 0 Å². The lowest BCUT2D eigenvalue weighted by atomic mass is 10.1. The van der Waals surface area contributed by atoms with Gasteiger partial charge in [-0.25, -0.2) is 4.98 Å². The topological polar surface area (TPSA) is 94.5 Å². The van der Waals surface area contributed by atoms with Gasteiger partial charge >= 0.3 is 6.18 Å². The van der Waals surface area contributed by atoms with E-state index >= 15 is 0 Å².